The quantitative estimate of drug-likeness (QED) is 0.518. The molecule has 0 fully saturated rings. The molecule has 0 bridgehead atoms. The number of para-hydroxylation sites is 1. The molecule has 1 aromatic carbocycles. The minimum absolute atomic E-state index is 0.250. The molecular weight excluding hydrogens is 300 g/mol. The van der Waals surface area contributed by atoms with Crippen LogP contribution in [0.2, 0.25) is 0 Å². The van der Waals surface area contributed by atoms with Crippen molar-refractivity contribution in [2.75, 3.05) is 0 Å². The molecule has 3 heterocycles. The molecule has 0 atom stereocenters. The van der Waals surface area contributed by atoms with Gasteiger partial charge in [0.1, 0.15) is 5.52 Å². The normalized spacial score (nSPS) is 17.1. The Morgan fingerprint density at radius 2 is 2.00 bits per heavy atom. The highest BCUT2D eigenvalue weighted by Gasteiger charge is 2.23. The van der Waals surface area contributed by atoms with E-state index in [4.69, 9.17) is 12.6 Å². The second-order valence-corrected chi connectivity index (χ2v) is 6.75. The lowest BCUT2D eigenvalue weighted by atomic mass is 9.96. The van der Waals surface area contributed by atoms with Crippen LogP contribution in [0.4, 0.5) is 0 Å². The number of benzene rings is 1. The van der Waals surface area contributed by atoms with E-state index in [1.165, 1.54) is 6.07 Å². The highest BCUT2D eigenvalue weighted by Crippen LogP contribution is 2.31. The monoisotopic (exact) mass is 326 g/mol. The molecule has 5 nitrogen and oxygen atoms in total. The summed E-state index contributed by atoms with van der Waals surface area (Å²) in [5, 5.41) is 4.54. The molecule has 0 N–H and O–H groups in total. The summed E-state index contributed by atoms with van der Waals surface area (Å²) in [4.78, 5) is 8.69. The number of pyridine rings is 1. The Bertz CT molecular complexity index is 1260. The van der Waals surface area contributed by atoms with Gasteiger partial charge >= 0.3 is 5.84 Å². The number of fused-ring (bicyclic) bond motifs is 3. The van der Waals surface area contributed by atoms with Crippen LogP contribution in [0.3, 0.4) is 0 Å². The Morgan fingerprint density at radius 3 is 2.75 bits per heavy atom. The van der Waals surface area contributed by atoms with E-state index in [0.29, 0.717) is 34.0 Å². The van der Waals surface area contributed by atoms with Crippen molar-refractivity contribution >= 4 is 16.9 Å². The summed E-state index contributed by atoms with van der Waals surface area (Å²) in [7, 11) is 0. The molecule has 0 amide bonds. The van der Waals surface area contributed by atoms with Gasteiger partial charge in [0.15, 0.2) is 11.4 Å². The first-order valence-electron chi connectivity index (χ1n) is 10.6. The van der Waals surface area contributed by atoms with Crippen molar-refractivity contribution in [3.63, 3.8) is 0 Å². The van der Waals surface area contributed by atoms with Crippen molar-refractivity contribution in [1.29, 1.82) is 0 Å². The SMILES string of the molecule is [2H]C([2H])([2H])c1cnc(-c2cccc3c2oc2nc(C(C)(C)C)nn23)cc1C([2H])([2H])[2H]. The molecule has 4 rings (SSSR count). The Hall–Kier alpha value is -2.69. The summed E-state index contributed by atoms with van der Waals surface area (Å²) in [6.45, 7) is 0.822. The van der Waals surface area contributed by atoms with Gasteiger partial charge in [0, 0.05) is 25.4 Å². The lowest BCUT2D eigenvalue weighted by Crippen LogP contribution is -2.13. The minimum Gasteiger partial charge on any atom is -0.421 e. The Labute approximate surface area is 148 Å². The first-order valence-corrected chi connectivity index (χ1v) is 7.57. The summed E-state index contributed by atoms with van der Waals surface area (Å²) in [6.07, 6.45) is 1.10. The topological polar surface area (TPSA) is 56.2 Å². The molecule has 122 valence electrons. The highest BCUT2D eigenvalue weighted by atomic mass is 16.4. The summed E-state index contributed by atoms with van der Waals surface area (Å²) < 4.78 is 53.7. The fourth-order valence-corrected chi connectivity index (χ4v) is 2.53. The Morgan fingerprint density at radius 1 is 1.17 bits per heavy atom. The first kappa shape index (κ1) is 9.57. The molecule has 0 aliphatic heterocycles. The van der Waals surface area contributed by atoms with Crippen LogP contribution in [0, 0.1) is 13.7 Å². The van der Waals surface area contributed by atoms with Crippen molar-refractivity contribution < 1.29 is 12.6 Å². The molecule has 0 spiro atoms. The van der Waals surface area contributed by atoms with E-state index in [2.05, 4.69) is 15.1 Å². The molecule has 0 unspecified atom stereocenters. The summed E-state index contributed by atoms with van der Waals surface area (Å²) in [5.41, 5.74) is 1.13. The third-order valence-electron chi connectivity index (χ3n) is 3.84. The zero-order valence-corrected chi connectivity index (χ0v) is 13.6. The number of oxazole rings is 1. The maximum absolute atomic E-state index is 7.77. The van der Waals surface area contributed by atoms with Gasteiger partial charge in [-0.1, -0.05) is 26.8 Å². The maximum atomic E-state index is 7.77. The summed E-state index contributed by atoms with van der Waals surface area (Å²) >= 11 is 0. The van der Waals surface area contributed by atoms with E-state index < -0.39 is 13.7 Å². The fourth-order valence-electron chi connectivity index (χ4n) is 2.53. The number of rotatable bonds is 1. The van der Waals surface area contributed by atoms with Crippen molar-refractivity contribution in [3.8, 4) is 11.3 Å². The van der Waals surface area contributed by atoms with Gasteiger partial charge in [-0.15, -0.1) is 5.10 Å². The molecular formula is C19H20N4O. The standard InChI is InChI=1S/C19H20N4O/c1-11-9-14(20-10-12(11)2)13-7-6-8-15-16(13)24-18-21-17(19(3,4)5)22-23(15)18/h6-10H,1-5H3/i1D3,2D3. The second-order valence-electron chi connectivity index (χ2n) is 6.75. The Kier molecular flexibility index (Phi) is 1.95. The van der Waals surface area contributed by atoms with E-state index >= 15 is 0 Å². The lowest BCUT2D eigenvalue weighted by molar-refractivity contribution is 0.544. The van der Waals surface area contributed by atoms with E-state index in [1.54, 1.807) is 16.6 Å². The molecule has 0 aliphatic carbocycles. The third-order valence-corrected chi connectivity index (χ3v) is 3.84. The molecule has 4 aromatic rings. The predicted molar refractivity (Wildman–Crippen MR) is 94.2 cm³/mol. The number of hydrogen-bond donors (Lipinski definition) is 0. The lowest BCUT2D eigenvalue weighted by Gasteiger charge is -2.11. The number of nitrogens with zero attached hydrogens (tertiary/aromatic N) is 4. The van der Waals surface area contributed by atoms with E-state index in [9.17, 15) is 0 Å². The third kappa shape index (κ3) is 2.19. The average molecular weight is 326 g/mol. The van der Waals surface area contributed by atoms with E-state index in [1.807, 2.05) is 26.8 Å². The van der Waals surface area contributed by atoms with Gasteiger partial charge in [0.2, 0.25) is 0 Å². The van der Waals surface area contributed by atoms with Gasteiger partial charge in [0.05, 0.1) is 5.69 Å². The van der Waals surface area contributed by atoms with Crippen LogP contribution in [0.25, 0.3) is 28.2 Å². The van der Waals surface area contributed by atoms with Crippen molar-refractivity contribution in [3.05, 3.63) is 47.4 Å². The molecule has 0 radical (unpaired) electrons. The van der Waals surface area contributed by atoms with Crippen LogP contribution in [0.5, 0.6) is 0 Å². The summed E-state index contributed by atoms with van der Waals surface area (Å²) in [6, 6.07) is 6.62. The molecule has 5 heteroatoms. The zero-order chi connectivity index (χ0) is 22.1. The van der Waals surface area contributed by atoms with Gasteiger partial charge in [-0.2, -0.15) is 9.50 Å². The average Bonchev–Trinajstić information content (AvgIpc) is 3.17. The smallest absolute Gasteiger partial charge is 0.325 e. The van der Waals surface area contributed by atoms with Crippen LogP contribution in [0.15, 0.2) is 34.9 Å². The molecule has 0 saturated carbocycles. The number of aryl methyl sites for hydroxylation is 2. The summed E-state index contributed by atoms with van der Waals surface area (Å²) in [5.74, 6) is 0.955. The van der Waals surface area contributed by atoms with Gasteiger partial charge < -0.3 is 4.42 Å². The van der Waals surface area contributed by atoms with Gasteiger partial charge in [-0.3, -0.25) is 4.98 Å². The van der Waals surface area contributed by atoms with Crippen LogP contribution in [0.1, 0.15) is 45.9 Å². The van der Waals surface area contributed by atoms with Gasteiger partial charge in [0.25, 0.3) is 0 Å². The first-order chi connectivity index (χ1) is 13.8. The Balaban J connectivity index is 1.93. The van der Waals surface area contributed by atoms with Gasteiger partial charge in [-0.25, -0.2) is 0 Å². The van der Waals surface area contributed by atoms with E-state index in [0.717, 1.165) is 6.20 Å². The largest absolute Gasteiger partial charge is 0.421 e. The predicted octanol–water partition coefficient (Wildman–Crippen LogP) is 4.45. The molecule has 0 aliphatic rings. The van der Waals surface area contributed by atoms with Crippen LogP contribution < -0.4 is 0 Å². The fraction of sp³-hybridized carbons (Fsp3) is 0.316. The van der Waals surface area contributed by atoms with Crippen molar-refractivity contribution in [2.24, 2.45) is 0 Å². The zero-order valence-electron chi connectivity index (χ0n) is 19.6. The van der Waals surface area contributed by atoms with Gasteiger partial charge in [-0.05, 0) is 43.0 Å². The molecule has 0 saturated heterocycles. The van der Waals surface area contributed by atoms with Crippen LogP contribution in [-0.4, -0.2) is 19.6 Å². The van der Waals surface area contributed by atoms with Crippen molar-refractivity contribution in [2.45, 2.75) is 39.9 Å². The second kappa shape index (κ2) is 4.90. The van der Waals surface area contributed by atoms with Crippen LogP contribution >= 0.6 is 0 Å². The highest BCUT2D eigenvalue weighted by molar-refractivity contribution is 5.90. The number of hydrogen-bond acceptors (Lipinski definition) is 4. The number of aromatic nitrogens is 4. The maximum Gasteiger partial charge on any atom is 0.325 e. The molecule has 24 heavy (non-hydrogen) atoms. The molecule has 3 aromatic heterocycles. The van der Waals surface area contributed by atoms with E-state index in [-0.39, 0.29) is 16.5 Å². The minimum atomic E-state index is -2.60. The van der Waals surface area contributed by atoms with Crippen LogP contribution in [-0.2, 0) is 5.41 Å². The van der Waals surface area contributed by atoms with Crippen molar-refractivity contribution in [1.82, 2.24) is 19.6 Å².